The van der Waals surface area contributed by atoms with Crippen molar-refractivity contribution in [2.75, 3.05) is 13.7 Å². The van der Waals surface area contributed by atoms with Crippen molar-refractivity contribution in [3.63, 3.8) is 0 Å². The van der Waals surface area contributed by atoms with Crippen LogP contribution in [0.15, 0.2) is 51.7 Å². The van der Waals surface area contributed by atoms with Crippen molar-refractivity contribution in [1.82, 2.24) is 0 Å². The van der Waals surface area contributed by atoms with Gasteiger partial charge in [-0.1, -0.05) is 0 Å². The molecule has 2 fully saturated rings. The third-order valence-corrected chi connectivity index (χ3v) is 7.33. The third-order valence-electron chi connectivity index (χ3n) is 7.33. The Labute approximate surface area is 238 Å². The summed E-state index contributed by atoms with van der Waals surface area (Å²) in [7, 11) is 1.52. The number of aliphatic hydroxyl groups is 6. The predicted molar refractivity (Wildman–Crippen MR) is 142 cm³/mol. The summed E-state index contributed by atoms with van der Waals surface area (Å²) in [5, 5.41) is 72.1. The highest BCUT2D eigenvalue weighted by Crippen LogP contribution is 2.35. The van der Waals surface area contributed by atoms with Gasteiger partial charge < -0.3 is 63.8 Å². The number of phenols is 1. The lowest BCUT2D eigenvalue weighted by atomic mass is 9.97. The summed E-state index contributed by atoms with van der Waals surface area (Å²) in [6, 6.07) is 10.4. The second-order valence-corrected chi connectivity index (χ2v) is 10.1. The van der Waals surface area contributed by atoms with Crippen molar-refractivity contribution in [2.45, 2.75) is 68.3 Å². The van der Waals surface area contributed by atoms with Crippen LogP contribution in [0, 0.1) is 0 Å². The van der Waals surface area contributed by atoms with Gasteiger partial charge in [-0.05, 0) is 31.2 Å². The first-order chi connectivity index (χ1) is 20.0. The van der Waals surface area contributed by atoms with Gasteiger partial charge in [-0.3, -0.25) is 4.79 Å². The van der Waals surface area contributed by atoms with Gasteiger partial charge in [-0.2, -0.15) is 0 Å². The van der Waals surface area contributed by atoms with Crippen molar-refractivity contribution in [3.05, 3.63) is 52.7 Å². The molecule has 3 aromatic rings. The summed E-state index contributed by atoms with van der Waals surface area (Å²) < 4.78 is 33.7. The van der Waals surface area contributed by atoms with Crippen LogP contribution in [0.3, 0.4) is 0 Å². The Morgan fingerprint density at radius 1 is 0.833 bits per heavy atom. The lowest BCUT2D eigenvalue weighted by Crippen LogP contribution is -2.64. The minimum absolute atomic E-state index is 0.0483. The van der Waals surface area contributed by atoms with Crippen LogP contribution < -0.4 is 14.9 Å². The van der Waals surface area contributed by atoms with E-state index < -0.39 is 79.2 Å². The van der Waals surface area contributed by atoms with Gasteiger partial charge in [0.2, 0.25) is 6.29 Å². The molecule has 2 aliphatic rings. The average molecular weight is 593 g/mol. The molecule has 5 rings (SSSR count). The van der Waals surface area contributed by atoms with E-state index in [9.17, 15) is 40.5 Å². The normalized spacial score (nSPS) is 33.4. The molecule has 2 saturated heterocycles. The molecule has 0 radical (unpaired) electrons. The quantitative estimate of drug-likeness (QED) is 0.179. The fraction of sp³-hybridized carbons (Fsp3) is 0.464. The van der Waals surface area contributed by atoms with E-state index in [0.717, 1.165) is 6.07 Å². The standard InChI is InChI=1S/C28H32O14/c1-11-21(32)23(34)25(36)27(38-11)42-26-24(35)22(33)19(10-29)41-28(26)39-14-7-15(30)20-16(31)9-17(40-18(20)8-14)12-3-5-13(37-2)6-4-12/h3-9,11,19,21-30,32-36H,10H2,1-2H3/t11?,19?,21-,22+,23-,24+,25?,26?,27-,28+/m0/s1. The van der Waals surface area contributed by atoms with E-state index in [-0.39, 0.29) is 22.5 Å². The summed E-state index contributed by atoms with van der Waals surface area (Å²) >= 11 is 0. The second-order valence-electron chi connectivity index (χ2n) is 10.1. The van der Waals surface area contributed by atoms with Crippen LogP contribution in [0.1, 0.15) is 6.92 Å². The Morgan fingerprint density at radius 2 is 1.55 bits per heavy atom. The molecular weight excluding hydrogens is 560 g/mol. The molecule has 14 heteroatoms. The zero-order valence-electron chi connectivity index (χ0n) is 22.5. The number of ether oxygens (including phenoxy) is 5. The molecule has 4 unspecified atom stereocenters. The summed E-state index contributed by atoms with van der Waals surface area (Å²) in [6.45, 7) is 0.721. The minimum Gasteiger partial charge on any atom is -0.507 e. The first kappa shape index (κ1) is 30.2. The van der Waals surface area contributed by atoms with E-state index in [4.69, 9.17) is 28.1 Å². The first-order valence-corrected chi connectivity index (χ1v) is 13.1. The van der Waals surface area contributed by atoms with E-state index >= 15 is 0 Å². The number of rotatable bonds is 7. The zero-order chi connectivity index (χ0) is 30.3. The van der Waals surface area contributed by atoms with Crippen molar-refractivity contribution in [1.29, 1.82) is 0 Å². The molecule has 0 amide bonds. The second kappa shape index (κ2) is 12.1. The highest BCUT2D eigenvalue weighted by atomic mass is 16.8. The molecule has 1 aromatic heterocycles. The molecule has 10 atom stereocenters. The van der Waals surface area contributed by atoms with Crippen LogP contribution in [0.5, 0.6) is 17.2 Å². The fourth-order valence-corrected chi connectivity index (χ4v) is 4.92. The number of aromatic hydroxyl groups is 1. The molecule has 42 heavy (non-hydrogen) atoms. The summed E-state index contributed by atoms with van der Waals surface area (Å²) in [4.78, 5) is 12.9. The predicted octanol–water partition coefficient (Wildman–Crippen LogP) is -0.795. The Morgan fingerprint density at radius 3 is 2.21 bits per heavy atom. The summed E-state index contributed by atoms with van der Waals surface area (Å²) in [5.41, 5.74) is -0.0218. The van der Waals surface area contributed by atoms with Gasteiger partial charge in [0.05, 0.1) is 19.8 Å². The van der Waals surface area contributed by atoms with Gasteiger partial charge in [-0.25, -0.2) is 0 Å². The van der Waals surface area contributed by atoms with E-state index in [1.54, 1.807) is 24.3 Å². The molecule has 2 aliphatic heterocycles. The zero-order valence-corrected chi connectivity index (χ0v) is 22.5. The Balaban J connectivity index is 1.47. The summed E-state index contributed by atoms with van der Waals surface area (Å²) in [6.07, 6.45) is -15.2. The maximum absolute atomic E-state index is 12.9. The fourth-order valence-electron chi connectivity index (χ4n) is 4.92. The Hall–Kier alpha value is -3.31. The van der Waals surface area contributed by atoms with Crippen LogP contribution in [0.2, 0.25) is 0 Å². The number of benzene rings is 2. The average Bonchev–Trinajstić information content (AvgIpc) is 2.97. The molecule has 0 bridgehead atoms. The molecule has 14 nitrogen and oxygen atoms in total. The maximum Gasteiger partial charge on any atom is 0.229 e. The molecular formula is C28H32O14. The number of hydrogen-bond acceptors (Lipinski definition) is 14. The SMILES string of the molecule is COc1ccc(-c2cc(=O)c3c(O)cc(O[C@@H]4OC(CO)[C@@H](O)[C@@H](O)C4O[C@@H]4OC(C)[C@H](O)[C@H](O)C4O)cc3o2)cc1. The van der Waals surface area contributed by atoms with Gasteiger partial charge in [-0.15, -0.1) is 0 Å². The molecule has 3 heterocycles. The van der Waals surface area contributed by atoms with E-state index in [1.807, 2.05) is 0 Å². The number of hydrogen-bond donors (Lipinski definition) is 7. The molecule has 7 N–H and O–H groups in total. The van der Waals surface area contributed by atoms with Crippen LogP contribution in [0.25, 0.3) is 22.3 Å². The third kappa shape index (κ3) is 5.68. The number of fused-ring (bicyclic) bond motifs is 1. The van der Waals surface area contributed by atoms with Crippen LogP contribution >= 0.6 is 0 Å². The smallest absolute Gasteiger partial charge is 0.229 e. The number of methoxy groups -OCH3 is 1. The molecule has 0 aliphatic carbocycles. The molecule has 2 aromatic carbocycles. The van der Waals surface area contributed by atoms with Crippen LogP contribution in [0.4, 0.5) is 0 Å². The lowest BCUT2D eigenvalue weighted by molar-refractivity contribution is -0.354. The van der Waals surface area contributed by atoms with Crippen molar-refractivity contribution >= 4 is 11.0 Å². The Kier molecular flexibility index (Phi) is 8.71. The van der Waals surface area contributed by atoms with Gasteiger partial charge in [0, 0.05) is 23.8 Å². The molecule has 0 saturated carbocycles. The highest BCUT2D eigenvalue weighted by Gasteiger charge is 2.50. The minimum atomic E-state index is -1.75. The Bertz CT molecular complexity index is 1440. The van der Waals surface area contributed by atoms with Crippen molar-refractivity contribution in [2.24, 2.45) is 0 Å². The summed E-state index contributed by atoms with van der Waals surface area (Å²) in [5.74, 6) is 0.197. The van der Waals surface area contributed by atoms with E-state index in [2.05, 4.69) is 0 Å². The van der Waals surface area contributed by atoms with Crippen molar-refractivity contribution in [3.8, 4) is 28.6 Å². The number of aliphatic hydroxyl groups excluding tert-OH is 6. The lowest BCUT2D eigenvalue weighted by Gasteiger charge is -2.45. The molecule has 0 spiro atoms. The van der Waals surface area contributed by atoms with E-state index in [1.165, 1.54) is 26.2 Å². The van der Waals surface area contributed by atoms with Crippen LogP contribution in [-0.4, -0.2) is 111 Å². The molecule has 228 valence electrons. The first-order valence-electron chi connectivity index (χ1n) is 13.1. The topological polar surface area (TPSA) is 218 Å². The van der Waals surface area contributed by atoms with Crippen LogP contribution in [-0.2, 0) is 14.2 Å². The maximum atomic E-state index is 12.9. The largest absolute Gasteiger partial charge is 0.507 e. The van der Waals surface area contributed by atoms with E-state index in [0.29, 0.717) is 11.3 Å². The van der Waals surface area contributed by atoms with Gasteiger partial charge in [0.25, 0.3) is 0 Å². The van der Waals surface area contributed by atoms with Crippen molar-refractivity contribution < 1.29 is 63.8 Å². The highest BCUT2D eigenvalue weighted by molar-refractivity contribution is 5.86. The monoisotopic (exact) mass is 592 g/mol. The van der Waals surface area contributed by atoms with Gasteiger partial charge in [0.15, 0.2) is 17.8 Å². The number of phenolic OH excluding ortho intramolecular Hbond substituents is 1. The van der Waals surface area contributed by atoms with Gasteiger partial charge in [0.1, 0.15) is 70.6 Å². The van der Waals surface area contributed by atoms with Gasteiger partial charge >= 0.3 is 0 Å².